The molecule has 0 fully saturated rings. The van der Waals surface area contributed by atoms with Crippen molar-refractivity contribution in [3.63, 3.8) is 0 Å². The number of aliphatic hydroxyl groups is 3. The molecule has 0 heterocycles. The molecule has 0 amide bonds. The lowest BCUT2D eigenvalue weighted by Crippen LogP contribution is -2.40. The van der Waals surface area contributed by atoms with Crippen molar-refractivity contribution in [1.29, 1.82) is 0 Å². The Morgan fingerprint density at radius 1 is 0.500 bits per heavy atom. The van der Waals surface area contributed by atoms with E-state index < -0.39 is 36.7 Å². The predicted octanol–water partition coefficient (Wildman–Crippen LogP) is 9.67. The summed E-state index contributed by atoms with van der Waals surface area (Å²) in [6.07, 6.45) is 30.3. The van der Waals surface area contributed by atoms with Gasteiger partial charge in [0.1, 0.15) is 6.10 Å². The van der Waals surface area contributed by atoms with E-state index >= 15 is 0 Å². The first-order valence-corrected chi connectivity index (χ1v) is 18.9. The summed E-state index contributed by atoms with van der Waals surface area (Å²) < 4.78 is 0. The Labute approximate surface area is 271 Å². The van der Waals surface area contributed by atoms with Crippen LogP contribution in [0.3, 0.4) is 0 Å². The van der Waals surface area contributed by atoms with Crippen LogP contribution in [0.4, 0.5) is 0 Å². The molecule has 0 aliphatic carbocycles. The lowest BCUT2D eigenvalue weighted by Gasteiger charge is -2.23. The second kappa shape index (κ2) is 33.2. The minimum atomic E-state index is -1.48. The minimum Gasteiger partial charge on any atom is -0.394 e. The number of carbonyl (C=O) groups is 2. The Bertz CT molecular complexity index is 627. The van der Waals surface area contributed by atoms with E-state index in [9.17, 15) is 24.9 Å². The monoisotopic (exact) mass is 629 g/mol. The van der Waals surface area contributed by atoms with Gasteiger partial charge in [0.2, 0.25) is 0 Å². The lowest BCUT2D eigenvalue weighted by molar-refractivity contribution is -0.265. The van der Waals surface area contributed by atoms with Gasteiger partial charge in [-0.15, -0.1) is 0 Å². The van der Waals surface area contributed by atoms with Crippen LogP contribution in [0.15, 0.2) is 0 Å². The van der Waals surface area contributed by atoms with Crippen molar-refractivity contribution in [1.82, 2.24) is 0 Å². The van der Waals surface area contributed by atoms with Gasteiger partial charge in [-0.05, 0) is 12.8 Å². The molecule has 0 aliphatic heterocycles. The van der Waals surface area contributed by atoms with Gasteiger partial charge in [0, 0.05) is 0 Å². The molecule has 0 rings (SSSR count). The van der Waals surface area contributed by atoms with Gasteiger partial charge < -0.3 is 15.3 Å². The highest BCUT2D eigenvalue weighted by molar-refractivity contribution is 5.75. The molecule has 0 saturated carbocycles. The van der Waals surface area contributed by atoms with Crippen LogP contribution in [0.2, 0.25) is 0 Å². The average Bonchev–Trinajstić information content (AvgIpc) is 3.03. The third kappa shape index (κ3) is 27.2. The molecule has 0 saturated heterocycles. The smallest absolute Gasteiger partial charge is 0.361 e. The van der Waals surface area contributed by atoms with Crippen LogP contribution in [0, 0.1) is 5.92 Å². The fraction of sp³-hybridized carbons (Fsp3) is 0.946. The summed E-state index contributed by atoms with van der Waals surface area (Å²) in [4.78, 5) is 34.2. The van der Waals surface area contributed by atoms with Gasteiger partial charge in [-0.25, -0.2) is 19.4 Å². The van der Waals surface area contributed by atoms with Crippen LogP contribution in [0.5, 0.6) is 0 Å². The Kier molecular flexibility index (Phi) is 32.3. The maximum Gasteiger partial charge on any atom is 0.361 e. The van der Waals surface area contributed by atoms with E-state index in [-0.39, 0.29) is 6.42 Å². The van der Waals surface area contributed by atoms with Gasteiger partial charge in [-0.1, -0.05) is 181 Å². The SMILES string of the molecule is CCCCCCCCCCCCCCCCCC(=O)OOC(=O)C(CCCCCCCCCCCCCC)C(O)C(O)CO. The average molecular weight is 629 g/mol. The molecule has 0 aromatic heterocycles. The molecule has 0 aromatic rings. The van der Waals surface area contributed by atoms with Crippen LogP contribution in [0.1, 0.15) is 200 Å². The molecular weight excluding hydrogens is 556 g/mol. The lowest BCUT2D eigenvalue weighted by atomic mass is 9.92. The summed E-state index contributed by atoms with van der Waals surface area (Å²) >= 11 is 0. The zero-order chi connectivity index (χ0) is 32.5. The molecule has 44 heavy (non-hydrogen) atoms. The molecule has 3 unspecified atom stereocenters. The number of rotatable bonds is 33. The number of carbonyl (C=O) groups excluding carboxylic acids is 2. The van der Waals surface area contributed by atoms with Crippen molar-refractivity contribution in [3.05, 3.63) is 0 Å². The van der Waals surface area contributed by atoms with E-state index in [2.05, 4.69) is 13.8 Å². The first-order chi connectivity index (χ1) is 21.5. The number of unbranched alkanes of at least 4 members (excludes halogenated alkanes) is 25. The van der Waals surface area contributed by atoms with Gasteiger partial charge in [-0.2, -0.15) is 0 Å². The third-order valence-electron chi connectivity index (χ3n) is 8.87. The molecule has 0 radical (unpaired) electrons. The second-order valence-electron chi connectivity index (χ2n) is 13.1. The molecule has 262 valence electrons. The minimum absolute atomic E-state index is 0.177. The molecular formula is C37H72O7. The first kappa shape index (κ1) is 42.8. The molecule has 0 aliphatic rings. The van der Waals surface area contributed by atoms with E-state index in [1.165, 1.54) is 128 Å². The zero-order valence-electron chi connectivity index (χ0n) is 28.9. The van der Waals surface area contributed by atoms with Crippen LogP contribution >= 0.6 is 0 Å². The van der Waals surface area contributed by atoms with Crippen molar-refractivity contribution in [3.8, 4) is 0 Å². The summed E-state index contributed by atoms with van der Waals surface area (Å²) in [6.45, 7) is 3.83. The normalized spacial score (nSPS) is 13.5. The molecule has 7 heteroatoms. The van der Waals surface area contributed by atoms with Gasteiger partial charge in [0.15, 0.2) is 0 Å². The largest absolute Gasteiger partial charge is 0.394 e. The Hall–Kier alpha value is -1.18. The van der Waals surface area contributed by atoms with Crippen LogP contribution < -0.4 is 0 Å². The Balaban J connectivity index is 3.95. The van der Waals surface area contributed by atoms with Crippen molar-refractivity contribution in [2.24, 2.45) is 5.92 Å². The zero-order valence-corrected chi connectivity index (χ0v) is 28.9. The number of aliphatic hydroxyl groups excluding tert-OH is 3. The third-order valence-corrected chi connectivity index (χ3v) is 8.87. The summed E-state index contributed by atoms with van der Waals surface area (Å²) in [7, 11) is 0. The summed E-state index contributed by atoms with van der Waals surface area (Å²) in [5.41, 5.74) is 0. The summed E-state index contributed by atoms with van der Waals surface area (Å²) in [5.74, 6) is -2.54. The van der Waals surface area contributed by atoms with E-state index in [0.29, 0.717) is 19.3 Å². The molecule has 0 spiro atoms. The molecule has 3 atom stereocenters. The van der Waals surface area contributed by atoms with Crippen molar-refractivity contribution >= 4 is 11.9 Å². The van der Waals surface area contributed by atoms with Crippen molar-refractivity contribution in [2.75, 3.05) is 6.61 Å². The van der Waals surface area contributed by atoms with Gasteiger partial charge in [0.25, 0.3) is 0 Å². The highest BCUT2D eigenvalue weighted by Gasteiger charge is 2.34. The van der Waals surface area contributed by atoms with Crippen LogP contribution in [0.25, 0.3) is 0 Å². The predicted molar refractivity (Wildman–Crippen MR) is 180 cm³/mol. The topological polar surface area (TPSA) is 113 Å². The summed E-state index contributed by atoms with van der Waals surface area (Å²) in [6, 6.07) is 0. The molecule has 7 nitrogen and oxygen atoms in total. The van der Waals surface area contributed by atoms with E-state index in [4.69, 9.17) is 9.78 Å². The van der Waals surface area contributed by atoms with Gasteiger partial charge >= 0.3 is 11.9 Å². The fourth-order valence-corrected chi connectivity index (χ4v) is 5.84. The highest BCUT2D eigenvalue weighted by Crippen LogP contribution is 2.21. The molecule has 0 bridgehead atoms. The number of hydrogen-bond acceptors (Lipinski definition) is 7. The van der Waals surface area contributed by atoms with Gasteiger partial charge in [-0.3, -0.25) is 0 Å². The number of hydrogen-bond donors (Lipinski definition) is 3. The summed E-state index contributed by atoms with van der Waals surface area (Å²) in [5, 5.41) is 29.5. The Morgan fingerprint density at radius 3 is 1.20 bits per heavy atom. The quantitative estimate of drug-likeness (QED) is 0.0377. The second-order valence-corrected chi connectivity index (χ2v) is 13.1. The molecule has 0 aromatic carbocycles. The van der Waals surface area contributed by atoms with Crippen LogP contribution in [-0.2, 0) is 19.4 Å². The highest BCUT2D eigenvalue weighted by atomic mass is 17.2. The Morgan fingerprint density at radius 2 is 0.841 bits per heavy atom. The van der Waals surface area contributed by atoms with Crippen molar-refractivity contribution in [2.45, 2.75) is 212 Å². The first-order valence-electron chi connectivity index (χ1n) is 18.9. The van der Waals surface area contributed by atoms with Crippen LogP contribution in [-0.4, -0.2) is 46.1 Å². The fourth-order valence-electron chi connectivity index (χ4n) is 5.84. The van der Waals surface area contributed by atoms with E-state index in [1.54, 1.807) is 0 Å². The van der Waals surface area contributed by atoms with E-state index in [0.717, 1.165) is 32.1 Å². The van der Waals surface area contributed by atoms with E-state index in [1.807, 2.05) is 0 Å². The van der Waals surface area contributed by atoms with Crippen molar-refractivity contribution < 1.29 is 34.7 Å². The standard InChI is InChI=1S/C37H72O7/c1-3-5-7-9-11-13-15-17-18-19-21-23-25-27-29-31-35(40)43-44-37(42)33(36(41)34(39)32-38)30-28-26-24-22-20-16-14-12-10-8-6-4-2/h33-34,36,38-39,41H,3-32H2,1-2H3. The van der Waals surface area contributed by atoms with Gasteiger partial charge in [0.05, 0.1) is 25.0 Å². The molecule has 3 N–H and O–H groups in total. The maximum atomic E-state index is 12.6. The maximum absolute atomic E-state index is 12.6.